The minimum absolute atomic E-state index is 0.0882. The van der Waals surface area contributed by atoms with E-state index in [4.69, 9.17) is 37.0 Å². The first-order chi connectivity index (χ1) is 28.2. The van der Waals surface area contributed by atoms with Gasteiger partial charge in [-0.15, -0.1) is 0 Å². The minimum Gasteiger partial charge on any atom is -0.462 e. The number of carbonyl (C=O) groups is 4. The van der Waals surface area contributed by atoms with Crippen molar-refractivity contribution in [3.05, 3.63) is 0 Å². The number of phosphoric acid groups is 2. The summed E-state index contributed by atoms with van der Waals surface area (Å²) in [7, 11) is -9.79. The summed E-state index contributed by atoms with van der Waals surface area (Å²) in [6, 6.07) is 0. The first kappa shape index (κ1) is 57.1. The highest BCUT2D eigenvalue weighted by Crippen LogP contribution is 2.45. The molecule has 0 saturated heterocycles. The van der Waals surface area contributed by atoms with Gasteiger partial charge in [-0.25, -0.2) is 9.13 Å². The zero-order valence-corrected chi connectivity index (χ0v) is 38.0. The Balaban J connectivity index is 4.97. The van der Waals surface area contributed by atoms with Crippen LogP contribution in [0.3, 0.4) is 0 Å². The van der Waals surface area contributed by atoms with Crippen LogP contribution in [-0.4, -0.2) is 96.7 Å². The third kappa shape index (κ3) is 36.4. The lowest BCUT2D eigenvalue weighted by atomic mass is 10.1. The molecule has 17 nitrogen and oxygen atoms in total. The van der Waals surface area contributed by atoms with Gasteiger partial charge in [0.1, 0.15) is 19.3 Å². The monoisotopic (exact) mass is 890 g/mol. The van der Waals surface area contributed by atoms with Crippen LogP contribution >= 0.6 is 15.6 Å². The molecule has 0 aliphatic carbocycles. The van der Waals surface area contributed by atoms with Gasteiger partial charge < -0.3 is 33.8 Å². The van der Waals surface area contributed by atoms with E-state index in [-0.39, 0.29) is 25.7 Å². The lowest BCUT2D eigenvalue weighted by molar-refractivity contribution is -0.161. The van der Waals surface area contributed by atoms with Crippen LogP contribution in [0.2, 0.25) is 0 Å². The number of ether oxygens (including phenoxy) is 4. The average Bonchev–Trinajstić information content (AvgIpc) is 3.20. The van der Waals surface area contributed by atoms with E-state index in [2.05, 4.69) is 6.92 Å². The number of hydrogen-bond acceptors (Lipinski definition) is 15. The molecular formula is C40H76O17P2. The molecule has 59 heavy (non-hydrogen) atoms. The van der Waals surface area contributed by atoms with Gasteiger partial charge in [-0.05, 0) is 25.7 Å². The number of phosphoric ester groups is 2. The van der Waals surface area contributed by atoms with Crippen molar-refractivity contribution in [2.75, 3.05) is 39.6 Å². The number of unbranched alkanes of at least 4 members (excludes halogenated alkanes) is 15. The number of carbonyl (C=O) groups excluding carboxylic acids is 4. The van der Waals surface area contributed by atoms with Crippen molar-refractivity contribution in [2.45, 2.75) is 194 Å². The Morgan fingerprint density at radius 1 is 0.407 bits per heavy atom. The van der Waals surface area contributed by atoms with Crippen molar-refractivity contribution in [2.24, 2.45) is 0 Å². The molecule has 0 amide bonds. The molecule has 0 fully saturated rings. The van der Waals surface area contributed by atoms with Crippen LogP contribution < -0.4 is 0 Å². The summed E-state index contributed by atoms with van der Waals surface area (Å²) < 4.78 is 65.8. The average molecular weight is 891 g/mol. The highest BCUT2D eigenvalue weighted by Gasteiger charge is 2.30. The first-order valence-corrected chi connectivity index (χ1v) is 24.8. The normalized spacial score (nSPS) is 15.0. The second kappa shape index (κ2) is 36.7. The largest absolute Gasteiger partial charge is 0.472 e. The molecule has 0 radical (unpaired) electrons. The Kier molecular flexibility index (Phi) is 35.5. The van der Waals surface area contributed by atoms with Crippen LogP contribution in [-0.2, 0) is 65.4 Å². The second-order valence-electron chi connectivity index (χ2n) is 14.7. The van der Waals surface area contributed by atoms with Gasteiger partial charge in [0.05, 0.1) is 26.4 Å². The fourth-order valence-electron chi connectivity index (χ4n) is 5.37. The third-order valence-corrected chi connectivity index (χ3v) is 10.8. The number of hydrogen-bond donors (Lipinski definition) is 3. The molecule has 0 aromatic rings. The van der Waals surface area contributed by atoms with Crippen molar-refractivity contribution in [3.8, 4) is 0 Å². The summed E-state index contributed by atoms with van der Waals surface area (Å²) in [6.45, 7) is 4.11. The van der Waals surface area contributed by atoms with Gasteiger partial charge >= 0.3 is 39.5 Å². The molecule has 2 unspecified atom stereocenters. The summed E-state index contributed by atoms with van der Waals surface area (Å²) >= 11 is 0. The van der Waals surface area contributed by atoms with Gasteiger partial charge in [0.2, 0.25) is 0 Å². The van der Waals surface area contributed by atoms with Crippen molar-refractivity contribution in [3.63, 3.8) is 0 Å². The van der Waals surface area contributed by atoms with E-state index in [0.717, 1.165) is 64.2 Å². The predicted octanol–water partition coefficient (Wildman–Crippen LogP) is 8.58. The number of rotatable bonds is 41. The maximum atomic E-state index is 12.6. The molecule has 0 rings (SSSR count). The number of aliphatic hydroxyl groups excluding tert-OH is 1. The third-order valence-electron chi connectivity index (χ3n) is 8.85. The number of esters is 4. The molecule has 0 aromatic carbocycles. The molecule has 348 valence electrons. The fraction of sp³-hybridized carbons (Fsp3) is 0.900. The topological polar surface area (TPSA) is 237 Å². The van der Waals surface area contributed by atoms with Gasteiger partial charge in [0, 0.05) is 25.7 Å². The Morgan fingerprint density at radius 2 is 0.695 bits per heavy atom. The van der Waals surface area contributed by atoms with Gasteiger partial charge in [0.25, 0.3) is 0 Å². The molecule has 0 aliphatic rings. The Labute approximate surface area is 352 Å². The van der Waals surface area contributed by atoms with Crippen LogP contribution in [0.15, 0.2) is 0 Å². The predicted molar refractivity (Wildman–Crippen MR) is 220 cm³/mol. The van der Waals surface area contributed by atoms with E-state index >= 15 is 0 Å². The molecule has 0 bridgehead atoms. The Morgan fingerprint density at radius 3 is 1.10 bits per heavy atom. The zero-order valence-electron chi connectivity index (χ0n) is 36.2. The summed E-state index contributed by atoms with van der Waals surface area (Å²) in [5, 5.41) is 10.3. The minimum atomic E-state index is -4.90. The van der Waals surface area contributed by atoms with E-state index in [1.807, 2.05) is 20.8 Å². The van der Waals surface area contributed by atoms with Gasteiger partial charge in [-0.1, -0.05) is 124 Å². The van der Waals surface area contributed by atoms with Gasteiger partial charge in [-0.3, -0.25) is 37.3 Å². The molecule has 0 aliphatic heterocycles. The number of aliphatic hydroxyl groups is 1. The molecule has 0 saturated carbocycles. The van der Waals surface area contributed by atoms with Crippen molar-refractivity contribution >= 4 is 39.5 Å². The van der Waals surface area contributed by atoms with Crippen LogP contribution in [0.25, 0.3) is 0 Å². The van der Waals surface area contributed by atoms with Crippen LogP contribution in [0.5, 0.6) is 0 Å². The quantitative estimate of drug-likeness (QED) is 0.0225. The van der Waals surface area contributed by atoms with E-state index in [9.17, 15) is 43.2 Å². The lowest BCUT2D eigenvalue weighted by Crippen LogP contribution is -2.30. The second-order valence-corrected chi connectivity index (χ2v) is 17.6. The highest BCUT2D eigenvalue weighted by atomic mass is 31.2. The lowest BCUT2D eigenvalue weighted by Gasteiger charge is -2.21. The van der Waals surface area contributed by atoms with E-state index in [1.165, 1.54) is 32.1 Å². The van der Waals surface area contributed by atoms with Crippen molar-refractivity contribution in [1.82, 2.24) is 0 Å². The SMILES string of the molecule is CCCCCCCCCCCCC(=O)O[C@H](COC(=O)CCCC)COP(=O)(O)OC[C@@H](O)COP(=O)(O)OC[C@@H](COC(=O)CCCCCC)OC(=O)CCCCC. The summed E-state index contributed by atoms with van der Waals surface area (Å²) in [4.78, 5) is 69.5. The van der Waals surface area contributed by atoms with Crippen LogP contribution in [0.4, 0.5) is 0 Å². The van der Waals surface area contributed by atoms with Crippen LogP contribution in [0, 0.1) is 0 Å². The Bertz CT molecular complexity index is 1200. The van der Waals surface area contributed by atoms with Gasteiger partial charge in [-0.2, -0.15) is 0 Å². The zero-order chi connectivity index (χ0) is 44.2. The fourth-order valence-corrected chi connectivity index (χ4v) is 6.95. The van der Waals surface area contributed by atoms with E-state index in [1.54, 1.807) is 0 Å². The molecule has 0 heterocycles. The molecule has 3 N–H and O–H groups in total. The summed E-state index contributed by atoms with van der Waals surface area (Å²) in [5.74, 6) is -2.25. The summed E-state index contributed by atoms with van der Waals surface area (Å²) in [6.07, 6.45) is 14.2. The van der Waals surface area contributed by atoms with Crippen molar-refractivity contribution < 1.29 is 80.2 Å². The maximum Gasteiger partial charge on any atom is 0.472 e. The maximum absolute atomic E-state index is 12.6. The highest BCUT2D eigenvalue weighted by molar-refractivity contribution is 7.47. The first-order valence-electron chi connectivity index (χ1n) is 21.8. The standard InChI is InChI=1S/C40H76O17P2/c1-5-9-13-15-16-17-18-19-20-23-27-40(45)57-35(30-50-37(42)24-12-8-4)32-54-58(46,47)52-28-34(41)29-53-59(48,49)55-33-36(56-39(44)26-21-11-7-3)31-51-38(43)25-22-14-10-6-2/h34-36,41H,5-33H2,1-4H3,(H,46,47)(H,48,49)/t34-,35-,36-/m1/s1. The van der Waals surface area contributed by atoms with Crippen molar-refractivity contribution in [1.29, 1.82) is 0 Å². The molecule has 5 atom stereocenters. The smallest absolute Gasteiger partial charge is 0.462 e. The van der Waals surface area contributed by atoms with Gasteiger partial charge in [0.15, 0.2) is 12.2 Å². The summed E-state index contributed by atoms with van der Waals surface area (Å²) in [5.41, 5.74) is 0. The van der Waals surface area contributed by atoms with E-state index < -0.39 is 97.5 Å². The molecule has 19 heteroatoms. The van der Waals surface area contributed by atoms with Crippen LogP contribution in [0.1, 0.15) is 175 Å². The molecule has 0 spiro atoms. The Hall–Kier alpha value is -1.94. The van der Waals surface area contributed by atoms with E-state index in [0.29, 0.717) is 25.7 Å². The molecule has 0 aromatic heterocycles. The molecular weight excluding hydrogens is 814 g/mol.